The van der Waals surface area contributed by atoms with Crippen LogP contribution in [0.5, 0.6) is 5.75 Å². The summed E-state index contributed by atoms with van der Waals surface area (Å²) in [5, 5.41) is 0. The summed E-state index contributed by atoms with van der Waals surface area (Å²) >= 11 is 0. The minimum atomic E-state index is -0.402. The Balaban J connectivity index is 0.00000361. The molecule has 0 aliphatic rings. The van der Waals surface area contributed by atoms with Crippen LogP contribution in [0.4, 0.5) is 0 Å². The van der Waals surface area contributed by atoms with E-state index in [-0.39, 0.29) is 13.2 Å². The molecule has 0 saturated heterocycles. The van der Waals surface area contributed by atoms with Crippen molar-refractivity contribution in [2.24, 2.45) is 0 Å². The van der Waals surface area contributed by atoms with Crippen LogP contribution in [0.3, 0.4) is 0 Å². The van der Waals surface area contributed by atoms with Crippen molar-refractivity contribution in [3.8, 4) is 5.75 Å². The number of unbranched alkanes of at least 4 members (excludes halogenated alkanes) is 1. The van der Waals surface area contributed by atoms with Gasteiger partial charge < -0.3 is 9.47 Å². The summed E-state index contributed by atoms with van der Waals surface area (Å²) < 4.78 is 10.3. The van der Waals surface area contributed by atoms with Gasteiger partial charge in [0, 0.05) is 11.6 Å². The Morgan fingerprint density at radius 1 is 1.15 bits per heavy atom. The van der Waals surface area contributed by atoms with E-state index in [9.17, 15) is 9.59 Å². The zero-order valence-electron chi connectivity index (χ0n) is 11.1. The summed E-state index contributed by atoms with van der Waals surface area (Å²) in [4.78, 5) is 21.8. The molecule has 0 N–H and O–H groups in total. The van der Waals surface area contributed by atoms with E-state index in [2.05, 4.69) is 6.58 Å². The number of hydrogen-bond acceptors (Lipinski definition) is 4. The number of rotatable bonds is 8. The smallest absolute Gasteiger partial charge is 0.330 e. The van der Waals surface area contributed by atoms with Crippen molar-refractivity contribution in [2.75, 3.05) is 13.2 Å². The molecule has 0 aromatic heterocycles. The Morgan fingerprint density at radius 2 is 1.75 bits per heavy atom. The number of carbonyl (C=O) groups excluding carboxylic acids is 2. The summed E-state index contributed by atoms with van der Waals surface area (Å²) in [7, 11) is 0. The van der Waals surface area contributed by atoms with Crippen molar-refractivity contribution in [1.29, 1.82) is 0 Å². The summed E-state index contributed by atoms with van der Waals surface area (Å²) in [6.45, 7) is 5.76. The highest BCUT2D eigenvalue weighted by Gasteiger charge is 2.00. The molecule has 1 aromatic rings. The number of ether oxygens (including phenoxy) is 2. The van der Waals surface area contributed by atoms with Crippen molar-refractivity contribution in [2.45, 2.75) is 27.2 Å². The van der Waals surface area contributed by atoms with Crippen LogP contribution < -0.4 is 4.74 Å². The van der Waals surface area contributed by atoms with E-state index in [4.69, 9.17) is 9.47 Å². The molecule has 110 valence electrons. The van der Waals surface area contributed by atoms with Gasteiger partial charge in [-0.15, -0.1) is 0 Å². The Bertz CT molecular complexity index is 434. The molecule has 0 amide bonds. The third-order valence-electron chi connectivity index (χ3n) is 2.48. The van der Waals surface area contributed by atoms with E-state index in [0.717, 1.165) is 24.7 Å². The third-order valence-corrected chi connectivity index (χ3v) is 2.48. The first-order valence-corrected chi connectivity index (χ1v) is 6.16. The number of carbonyl (C=O) groups is 2. The molecule has 0 radical (unpaired) electrons. The fraction of sp³-hybridized carbons (Fsp3) is 0.375. The Hall–Kier alpha value is -2.10. The summed E-state index contributed by atoms with van der Waals surface area (Å²) in [6, 6.07) is 7.02. The van der Waals surface area contributed by atoms with Crippen molar-refractivity contribution >= 4 is 11.8 Å². The second-order valence-electron chi connectivity index (χ2n) is 4.01. The summed E-state index contributed by atoms with van der Waals surface area (Å²) in [5.41, 5.74) is 0.670. The van der Waals surface area contributed by atoms with Crippen LogP contribution >= 0.6 is 0 Å². The van der Waals surface area contributed by atoms with Gasteiger partial charge in [0.05, 0.1) is 13.2 Å². The molecule has 20 heavy (non-hydrogen) atoms. The maximum atomic E-state index is 11.1. The SMILES string of the molecule is C.C=CC(=O)OCCCCOc1ccc(C(C)=O)cc1. The molecule has 1 rings (SSSR count). The van der Waals surface area contributed by atoms with Crippen LogP contribution in [0.2, 0.25) is 0 Å². The predicted molar refractivity (Wildman–Crippen MR) is 79.1 cm³/mol. The maximum Gasteiger partial charge on any atom is 0.330 e. The molecule has 0 heterocycles. The van der Waals surface area contributed by atoms with Crippen molar-refractivity contribution < 1.29 is 19.1 Å². The first-order chi connectivity index (χ1) is 9.13. The van der Waals surface area contributed by atoms with E-state index in [1.807, 2.05) is 0 Å². The van der Waals surface area contributed by atoms with Crippen LogP contribution in [-0.2, 0) is 9.53 Å². The van der Waals surface area contributed by atoms with Crippen LogP contribution in [0.1, 0.15) is 37.6 Å². The number of esters is 1. The van der Waals surface area contributed by atoms with Gasteiger partial charge in [-0.3, -0.25) is 4.79 Å². The second kappa shape index (κ2) is 9.78. The van der Waals surface area contributed by atoms with E-state index in [0.29, 0.717) is 18.8 Å². The van der Waals surface area contributed by atoms with Crippen molar-refractivity contribution in [3.63, 3.8) is 0 Å². The molecule has 0 aliphatic heterocycles. The first kappa shape index (κ1) is 17.9. The molecule has 0 atom stereocenters. The maximum absolute atomic E-state index is 11.1. The molecule has 0 unspecified atom stereocenters. The van der Waals surface area contributed by atoms with Gasteiger partial charge in [0.1, 0.15) is 5.75 Å². The Kier molecular flexibility index (Phi) is 8.75. The van der Waals surface area contributed by atoms with Crippen LogP contribution in [0, 0.1) is 0 Å². The number of ketones is 1. The van der Waals surface area contributed by atoms with E-state index >= 15 is 0 Å². The van der Waals surface area contributed by atoms with Gasteiger partial charge in [0.2, 0.25) is 0 Å². The zero-order chi connectivity index (χ0) is 14.1. The molecule has 4 heteroatoms. The van der Waals surface area contributed by atoms with E-state index < -0.39 is 5.97 Å². The molecule has 0 bridgehead atoms. The van der Waals surface area contributed by atoms with Gasteiger partial charge >= 0.3 is 5.97 Å². The molecular weight excluding hydrogens is 256 g/mol. The minimum absolute atomic E-state index is 0. The molecule has 0 aliphatic carbocycles. The van der Waals surface area contributed by atoms with Crippen LogP contribution in [0.15, 0.2) is 36.9 Å². The second-order valence-corrected chi connectivity index (χ2v) is 4.01. The zero-order valence-corrected chi connectivity index (χ0v) is 11.1. The summed E-state index contributed by atoms with van der Waals surface area (Å²) in [6.07, 6.45) is 2.68. The van der Waals surface area contributed by atoms with E-state index in [1.165, 1.54) is 6.92 Å². The minimum Gasteiger partial charge on any atom is -0.494 e. The Morgan fingerprint density at radius 3 is 2.30 bits per heavy atom. The van der Waals surface area contributed by atoms with Crippen molar-refractivity contribution in [3.05, 3.63) is 42.5 Å². The molecule has 1 aromatic carbocycles. The average Bonchev–Trinajstić information content (AvgIpc) is 2.42. The predicted octanol–water partition coefficient (Wildman–Crippen LogP) is 3.41. The van der Waals surface area contributed by atoms with Gasteiger partial charge in [-0.25, -0.2) is 4.79 Å². The van der Waals surface area contributed by atoms with Gasteiger partial charge in [0.15, 0.2) is 5.78 Å². The normalized spacial score (nSPS) is 9.25. The Labute approximate surface area is 120 Å². The van der Waals surface area contributed by atoms with Gasteiger partial charge in [-0.05, 0) is 44.0 Å². The van der Waals surface area contributed by atoms with Gasteiger partial charge in [0.25, 0.3) is 0 Å². The average molecular weight is 278 g/mol. The molecule has 0 spiro atoms. The highest BCUT2D eigenvalue weighted by molar-refractivity contribution is 5.94. The lowest BCUT2D eigenvalue weighted by Crippen LogP contribution is -2.04. The lowest BCUT2D eigenvalue weighted by atomic mass is 10.1. The molecule has 0 fully saturated rings. The molecular formula is C16H22O4. The highest BCUT2D eigenvalue weighted by atomic mass is 16.5. The monoisotopic (exact) mass is 278 g/mol. The largest absolute Gasteiger partial charge is 0.494 e. The van der Waals surface area contributed by atoms with Gasteiger partial charge in [-0.2, -0.15) is 0 Å². The number of benzene rings is 1. The van der Waals surface area contributed by atoms with Crippen molar-refractivity contribution in [1.82, 2.24) is 0 Å². The fourth-order valence-corrected chi connectivity index (χ4v) is 1.41. The third kappa shape index (κ3) is 6.73. The van der Waals surface area contributed by atoms with Crippen LogP contribution in [0.25, 0.3) is 0 Å². The lowest BCUT2D eigenvalue weighted by Gasteiger charge is -2.06. The highest BCUT2D eigenvalue weighted by Crippen LogP contribution is 2.13. The quantitative estimate of drug-likeness (QED) is 0.316. The topological polar surface area (TPSA) is 52.6 Å². The van der Waals surface area contributed by atoms with Crippen LogP contribution in [-0.4, -0.2) is 25.0 Å². The van der Waals surface area contributed by atoms with Gasteiger partial charge in [-0.1, -0.05) is 14.0 Å². The first-order valence-electron chi connectivity index (χ1n) is 6.16. The number of Topliss-reactive ketones (excluding diaryl/α,β-unsaturated/α-hetero) is 1. The molecule has 0 saturated carbocycles. The van der Waals surface area contributed by atoms with E-state index in [1.54, 1.807) is 24.3 Å². The number of hydrogen-bond donors (Lipinski definition) is 0. The fourth-order valence-electron chi connectivity index (χ4n) is 1.41. The standard InChI is InChI=1S/C15H18O4.CH4/c1-3-15(17)19-11-5-4-10-18-14-8-6-13(7-9-14)12(2)16;/h3,6-9H,1,4-5,10-11H2,2H3;1H4. The lowest BCUT2D eigenvalue weighted by molar-refractivity contribution is -0.137. The summed E-state index contributed by atoms with van der Waals surface area (Å²) in [5.74, 6) is 0.365. The molecule has 4 nitrogen and oxygen atoms in total.